The Kier molecular flexibility index (Phi) is 4.83. The Hall–Kier alpha value is -0.710. The zero-order chi connectivity index (χ0) is 10.5. The van der Waals surface area contributed by atoms with Crippen molar-refractivity contribution in [1.29, 1.82) is 0 Å². The molecule has 0 N–H and O–H groups in total. The van der Waals surface area contributed by atoms with Crippen LogP contribution in [0.2, 0.25) is 0 Å². The first-order valence-electron chi connectivity index (χ1n) is 3.86. The lowest BCUT2D eigenvalue weighted by molar-refractivity contribution is 0.601. The number of rotatable bonds is 4. The lowest BCUT2D eigenvalue weighted by Crippen LogP contribution is -2.09. The first-order valence-corrected chi connectivity index (χ1v) is 5.92. The lowest BCUT2D eigenvalue weighted by Gasteiger charge is -2.01. The third kappa shape index (κ3) is 5.52. The highest BCUT2D eigenvalue weighted by Gasteiger charge is 2.09. The molecule has 0 rings (SSSR count). The van der Waals surface area contributed by atoms with Crippen molar-refractivity contribution < 1.29 is 12.8 Å². The van der Waals surface area contributed by atoms with Crippen LogP contribution in [0.5, 0.6) is 0 Å². The highest BCUT2D eigenvalue weighted by molar-refractivity contribution is 7.90. The van der Waals surface area contributed by atoms with E-state index in [0.29, 0.717) is 0 Å². The van der Waals surface area contributed by atoms with Gasteiger partial charge in [0.1, 0.15) is 15.7 Å². The molecule has 0 atom stereocenters. The van der Waals surface area contributed by atoms with Gasteiger partial charge < -0.3 is 0 Å². The van der Waals surface area contributed by atoms with Gasteiger partial charge in [-0.05, 0) is 13.0 Å². The molecule has 0 aromatic rings. The molecule has 76 valence electrons. The Morgan fingerprint density at radius 1 is 1.54 bits per heavy atom. The summed E-state index contributed by atoms with van der Waals surface area (Å²) < 4.78 is 34.4. The average Bonchev–Trinajstić information content (AvgIpc) is 2.03. The van der Waals surface area contributed by atoms with Crippen LogP contribution >= 0.6 is 0 Å². The van der Waals surface area contributed by atoms with Gasteiger partial charge in [-0.3, -0.25) is 4.99 Å². The Morgan fingerprint density at radius 2 is 2.08 bits per heavy atom. The van der Waals surface area contributed by atoms with E-state index in [2.05, 4.69) is 4.99 Å². The smallest absolute Gasteiger partial charge is 0.147 e. The van der Waals surface area contributed by atoms with Crippen molar-refractivity contribution in [3.05, 3.63) is 11.9 Å². The molecule has 0 aliphatic heterocycles. The van der Waals surface area contributed by atoms with Gasteiger partial charge >= 0.3 is 0 Å². The van der Waals surface area contributed by atoms with Crippen LogP contribution in [-0.2, 0) is 9.84 Å². The number of allylic oxidation sites excluding steroid dienone is 2. The van der Waals surface area contributed by atoms with Crippen LogP contribution < -0.4 is 0 Å². The third-order valence-corrected chi connectivity index (χ3v) is 2.45. The fourth-order valence-electron chi connectivity index (χ4n) is 0.787. The molecular formula is C8H14FNO2S. The van der Waals surface area contributed by atoms with Gasteiger partial charge in [-0.1, -0.05) is 0 Å². The normalized spacial score (nSPS) is 14.8. The van der Waals surface area contributed by atoms with E-state index in [1.807, 2.05) is 0 Å². The fourth-order valence-corrected chi connectivity index (χ4v) is 1.35. The van der Waals surface area contributed by atoms with Gasteiger partial charge in [0.25, 0.3) is 0 Å². The van der Waals surface area contributed by atoms with E-state index >= 15 is 0 Å². The molecule has 0 saturated heterocycles. The quantitative estimate of drug-likeness (QED) is 0.653. The Balaban J connectivity index is 4.36. The molecule has 0 unspecified atom stereocenters. The van der Waals surface area contributed by atoms with Crippen molar-refractivity contribution in [2.45, 2.75) is 13.3 Å². The van der Waals surface area contributed by atoms with Crippen LogP contribution in [0.3, 0.4) is 0 Å². The van der Waals surface area contributed by atoms with Crippen molar-refractivity contribution in [1.82, 2.24) is 0 Å². The average molecular weight is 207 g/mol. The van der Waals surface area contributed by atoms with Crippen molar-refractivity contribution in [2.75, 3.05) is 19.1 Å². The SMILES string of the molecule is CC=C(F)C(CCS(C)(=O)=O)=NC. The Bertz CT molecular complexity index is 317. The maximum absolute atomic E-state index is 12.9. The summed E-state index contributed by atoms with van der Waals surface area (Å²) in [5.74, 6) is -0.521. The maximum Gasteiger partial charge on any atom is 0.147 e. The molecule has 5 heteroatoms. The van der Waals surface area contributed by atoms with Crippen molar-refractivity contribution >= 4 is 15.5 Å². The predicted molar refractivity (Wildman–Crippen MR) is 52.6 cm³/mol. The van der Waals surface area contributed by atoms with Gasteiger partial charge in [-0.25, -0.2) is 12.8 Å². The molecule has 0 amide bonds. The number of aliphatic imine (C=N–C) groups is 1. The molecule has 0 aliphatic rings. The van der Waals surface area contributed by atoms with Gasteiger partial charge in [0.15, 0.2) is 0 Å². The molecule has 0 aromatic carbocycles. The van der Waals surface area contributed by atoms with Crippen LogP contribution in [0.25, 0.3) is 0 Å². The summed E-state index contributed by atoms with van der Waals surface area (Å²) in [5, 5.41) is 0. The number of hydrogen-bond acceptors (Lipinski definition) is 3. The highest BCUT2D eigenvalue weighted by Crippen LogP contribution is 2.05. The van der Waals surface area contributed by atoms with Crippen LogP contribution in [0.1, 0.15) is 13.3 Å². The Morgan fingerprint density at radius 3 is 2.38 bits per heavy atom. The maximum atomic E-state index is 12.9. The van der Waals surface area contributed by atoms with E-state index < -0.39 is 15.7 Å². The van der Waals surface area contributed by atoms with Gasteiger partial charge in [0, 0.05) is 19.7 Å². The summed E-state index contributed by atoms with van der Waals surface area (Å²) in [4.78, 5) is 3.67. The van der Waals surface area contributed by atoms with Crippen molar-refractivity contribution in [2.24, 2.45) is 4.99 Å². The number of halogens is 1. The minimum absolute atomic E-state index is 0.0685. The zero-order valence-corrected chi connectivity index (χ0v) is 8.86. The minimum Gasteiger partial charge on any atom is -0.290 e. The van der Waals surface area contributed by atoms with Crippen molar-refractivity contribution in [3.8, 4) is 0 Å². The standard InChI is InChI=1S/C8H14FNO2S/c1-4-7(9)8(10-2)5-6-13(3,11)12/h4H,5-6H2,1-3H3. The summed E-state index contributed by atoms with van der Waals surface area (Å²) in [6.45, 7) is 1.54. The first-order chi connectivity index (χ1) is 5.90. The zero-order valence-electron chi connectivity index (χ0n) is 8.04. The highest BCUT2D eigenvalue weighted by atomic mass is 32.2. The van der Waals surface area contributed by atoms with Crippen molar-refractivity contribution in [3.63, 3.8) is 0 Å². The molecule has 0 fully saturated rings. The number of nitrogens with zero attached hydrogens (tertiary/aromatic N) is 1. The molecule has 3 nitrogen and oxygen atoms in total. The molecule has 0 aliphatic carbocycles. The van der Waals surface area contributed by atoms with Gasteiger partial charge in [0.05, 0.1) is 11.5 Å². The molecule has 13 heavy (non-hydrogen) atoms. The van der Waals surface area contributed by atoms with Gasteiger partial charge in [-0.2, -0.15) is 0 Å². The third-order valence-electron chi connectivity index (χ3n) is 1.51. The van der Waals surface area contributed by atoms with E-state index in [1.165, 1.54) is 13.1 Å². The summed E-state index contributed by atoms with van der Waals surface area (Å²) >= 11 is 0. The fraction of sp³-hybridized carbons (Fsp3) is 0.625. The molecule has 0 aromatic heterocycles. The molecule has 0 saturated carbocycles. The lowest BCUT2D eigenvalue weighted by atomic mass is 10.2. The van der Waals surface area contributed by atoms with Crippen LogP contribution in [0.15, 0.2) is 16.9 Å². The largest absolute Gasteiger partial charge is 0.290 e. The monoisotopic (exact) mass is 207 g/mol. The first kappa shape index (κ1) is 12.3. The molecular weight excluding hydrogens is 193 g/mol. The molecule has 0 heterocycles. The Labute approximate surface area is 78.3 Å². The van der Waals surface area contributed by atoms with E-state index in [1.54, 1.807) is 6.92 Å². The van der Waals surface area contributed by atoms with Crippen LogP contribution in [0, 0.1) is 0 Å². The molecule has 0 bridgehead atoms. The summed E-state index contributed by atoms with van der Waals surface area (Å²) in [5.41, 5.74) is 0.202. The van der Waals surface area contributed by atoms with E-state index in [-0.39, 0.29) is 17.9 Å². The van der Waals surface area contributed by atoms with Crippen LogP contribution in [0.4, 0.5) is 4.39 Å². The second-order valence-corrected chi connectivity index (χ2v) is 4.95. The summed E-state index contributed by atoms with van der Waals surface area (Å²) in [7, 11) is -1.60. The number of sulfone groups is 1. The van der Waals surface area contributed by atoms with E-state index in [0.717, 1.165) is 6.26 Å². The van der Waals surface area contributed by atoms with E-state index in [9.17, 15) is 12.8 Å². The van der Waals surface area contributed by atoms with Crippen LogP contribution in [-0.4, -0.2) is 33.2 Å². The second-order valence-electron chi connectivity index (χ2n) is 2.69. The second kappa shape index (κ2) is 5.11. The van der Waals surface area contributed by atoms with Gasteiger partial charge in [0.2, 0.25) is 0 Å². The topological polar surface area (TPSA) is 46.5 Å². The summed E-state index contributed by atoms with van der Waals surface area (Å²) in [6.07, 6.45) is 2.52. The predicted octanol–water partition coefficient (Wildman–Crippen LogP) is 1.37. The number of hydrogen-bond donors (Lipinski definition) is 0. The van der Waals surface area contributed by atoms with E-state index in [4.69, 9.17) is 0 Å². The minimum atomic E-state index is -3.05. The summed E-state index contributed by atoms with van der Waals surface area (Å²) in [6, 6.07) is 0. The van der Waals surface area contributed by atoms with Gasteiger partial charge in [-0.15, -0.1) is 0 Å². The molecule has 0 spiro atoms. The molecule has 0 radical (unpaired) electrons.